The number of carbonyl (C=O) groups is 1. The lowest BCUT2D eigenvalue weighted by atomic mass is 10.2. The topological polar surface area (TPSA) is 53.4 Å². The van der Waals surface area contributed by atoms with Crippen LogP contribution in [0.15, 0.2) is 36.8 Å². The largest absolute Gasteiger partial charge is 0.494 e. The van der Waals surface area contributed by atoms with Gasteiger partial charge in [-0.25, -0.2) is 14.3 Å². The lowest BCUT2D eigenvalue weighted by Gasteiger charge is -2.19. The van der Waals surface area contributed by atoms with Gasteiger partial charge < -0.3 is 9.47 Å². The van der Waals surface area contributed by atoms with Crippen LogP contribution in [-0.4, -0.2) is 27.9 Å². The van der Waals surface area contributed by atoms with Gasteiger partial charge in [-0.2, -0.15) is 0 Å². The number of aromatic nitrogens is 2. The standard InChI is InChI=1S/C20H24N2O3/c1-5-7-16-9-11-18(12-10-16)24-13-6-8-17-14-22(15-21-17)19(23)25-20(2,3)4/h9-12,14-15H,6,8,13H2,1-4H3. The van der Waals surface area contributed by atoms with Gasteiger partial charge in [0.15, 0.2) is 0 Å². The van der Waals surface area contributed by atoms with Gasteiger partial charge >= 0.3 is 6.09 Å². The van der Waals surface area contributed by atoms with Gasteiger partial charge in [0.25, 0.3) is 0 Å². The highest BCUT2D eigenvalue weighted by Crippen LogP contribution is 2.13. The average molecular weight is 340 g/mol. The second-order valence-corrected chi connectivity index (χ2v) is 6.60. The Hall–Kier alpha value is -2.74. The summed E-state index contributed by atoms with van der Waals surface area (Å²) in [5, 5.41) is 0. The van der Waals surface area contributed by atoms with Crippen LogP contribution in [0.25, 0.3) is 0 Å². The molecule has 0 N–H and O–H groups in total. The number of hydrogen-bond donors (Lipinski definition) is 0. The third-order valence-electron chi connectivity index (χ3n) is 3.21. The van der Waals surface area contributed by atoms with Crippen LogP contribution in [0.4, 0.5) is 4.79 Å². The lowest BCUT2D eigenvalue weighted by Crippen LogP contribution is -2.26. The van der Waals surface area contributed by atoms with Crippen molar-refractivity contribution in [2.45, 2.75) is 46.1 Å². The second-order valence-electron chi connectivity index (χ2n) is 6.60. The molecule has 1 aromatic heterocycles. The number of benzene rings is 1. The number of imidazole rings is 1. The van der Waals surface area contributed by atoms with Crippen molar-refractivity contribution in [2.24, 2.45) is 0 Å². The second kappa shape index (κ2) is 8.39. The van der Waals surface area contributed by atoms with Gasteiger partial charge in [0.05, 0.1) is 12.3 Å². The van der Waals surface area contributed by atoms with E-state index in [0.29, 0.717) is 6.61 Å². The van der Waals surface area contributed by atoms with E-state index in [1.165, 1.54) is 10.9 Å². The number of carbonyl (C=O) groups excluding carboxylic acids is 1. The first kappa shape index (κ1) is 18.6. The highest BCUT2D eigenvalue weighted by atomic mass is 16.6. The minimum Gasteiger partial charge on any atom is -0.494 e. The Kier molecular flexibility index (Phi) is 6.24. The van der Waals surface area contributed by atoms with E-state index in [9.17, 15) is 4.79 Å². The normalized spacial score (nSPS) is 10.7. The van der Waals surface area contributed by atoms with Gasteiger partial charge in [-0.15, -0.1) is 5.92 Å². The maximum atomic E-state index is 11.9. The molecule has 2 aromatic rings. The summed E-state index contributed by atoms with van der Waals surface area (Å²) >= 11 is 0. The molecule has 2 rings (SSSR count). The molecule has 0 aliphatic carbocycles. The monoisotopic (exact) mass is 340 g/mol. The molecule has 1 heterocycles. The Bertz CT molecular complexity index is 759. The van der Waals surface area contributed by atoms with Gasteiger partial charge in [0.1, 0.15) is 17.7 Å². The summed E-state index contributed by atoms with van der Waals surface area (Å²) in [7, 11) is 0. The van der Waals surface area contributed by atoms with Gasteiger partial charge in [0, 0.05) is 11.8 Å². The number of rotatable bonds is 5. The molecule has 0 fully saturated rings. The Morgan fingerprint density at radius 3 is 2.60 bits per heavy atom. The van der Waals surface area contributed by atoms with Crippen LogP contribution >= 0.6 is 0 Å². The van der Waals surface area contributed by atoms with Crippen molar-refractivity contribution in [3.63, 3.8) is 0 Å². The summed E-state index contributed by atoms with van der Waals surface area (Å²) < 4.78 is 12.4. The fraction of sp³-hybridized carbons (Fsp3) is 0.400. The zero-order valence-electron chi connectivity index (χ0n) is 15.2. The molecule has 0 saturated carbocycles. The molecule has 0 atom stereocenters. The molecule has 0 saturated heterocycles. The number of hydrogen-bond acceptors (Lipinski definition) is 4. The Morgan fingerprint density at radius 2 is 1.96 bits per heavy atom. The molecule has 0 amide bonds. The number of ether oxygens (including phenoxy) is 2. The minimum absolute atomic E-state index is 0.419. The Morgan fingerprint density at radius 1 is 1.24 bits per heavy atom. The first-order valence-electron chi connectivity index (χ1n) is 8.29. The van der Waals surface area contributed by atoms with Crippen LogP contribution in [0.5, 0.6) is 5.75 Å². The van der Waals surface area contributed by atoms with E-state index in [-0.39, 0.29) is 0 Å². The fourth-order valence-electron chi connectivity index (χ4n) is 2.13. The van der Waals surface area contributed by atoms with Crippen LogP contribution in [0, 0.1) is 11.8 Å². The van der Waals surface area contributed by atoms with E-state index in [0.717, 1.165) is 29.8 Å². The van der Waals surface area contributed by atoms with Gasteiger partial charge in [-0.1, -0.05) is 5.92 Å². The number of nitrogens with zero attached hydrogens (tertiary/aromatic N) is 2. The fourth-order valence-corrected chi connectivity index (χ4v) is 2.13. The first-order valence-corrected chi connectivity index (χ1v) is 8.29. The van der Waals surface area contributed by atoms with Gasteiger partial charge in [0.2, 0.25) is 0 Å². The first-order chi connectivity index (χ1) is 11.9. The average Bonchev–Trinajstić information content (AvgIpc) is 3.01. The highest BCUT2D eigenvalue weighted by Gasteiger charge is 2.17. The third kappa shape index (κ3) is 6.34. The molecule has 0 aliphatic heterocycles. The molecule has 0 unspecified atom stereocenters. The van der Waals surface area contributed by atoms with Crippen molar-refractivity contribution in [3.8, 4) is 17.6 Å². The molecule has 132 valence electrons. The van der Waals surface area contributed by atoms with Crippen LogP contribution in [0.2, 0.25) is 0 Å². The van der Waals surface area contributed by atoms with Crippen molar-refractivity contribution in [3.05, 3.63) is 48.0 Å². The Balaban J connectivity index is 1.76. The predicted octanol–water partition coefficient (Wildman–Crippen LogP) is 4.05. The van der Waals surface area contributed by atoms with E-state index in [1.54, 1.807) is 6.20 Å². The summed E-state index contributed by atoms with van der Waals surface area (Å²) in [5.41, 5.74) is 1.29. The van der Waals surface area contributed by atoms with Gasteiger partial charge in [-0.05, 0) is 64.8 Å². The summed E-state index contributed by atoms with van der Waals surface area (Å²) in [4.78, 5) is 16.2. The molecular weight excluding hydrogens is 316 g/mol. The highest BCUT2D eigenvalue weighted by molar-refractivity contribution is 5.70. The zero-order chi connectivity index (χ0) is 18.3. The molecule has 0 spiro atoms. The molecule has 25 heavy (non-hydrogen) atoms. The van der Waals surface area contributed by atoms with Crippen LogP contribution in [0.1, 0.15) is 45.4 Å². The van der Waals surface area contributed by atoms with Crippen molar-refractivity contribution in [1.29, 1.82) is 0 Å². The maximum absolute atomic E-state index is 11.9. The van der Waals surface area contributed by atoms with Crippen molar-refractivity contribution in [1.82, 2.24) is 9.55 Å². The van der Waals surface area contributed by atoms with Gasteiger partial charge in [-0.3, -0.25) is 0 Å². The van der Waals surface area contributed by atoms with Crippen molar-refractivity contribution in [2.75, 3.05) is 6.61 Å². The van der Waals surface area contributed by atoms with E-state index in [4.69, 9.17) is 9.47 Å². The van der Waals surface area contributed by atoms with Crippen molar-refractivity contribution >= 4 is 6.09 Å². The van der Waals surface area contributed by atoms with Crippen LogP contribution < -0.4 is 4.74 Å². The molecule has 1 aromatic carbocycles. The van der Waals surface area contributed by atoms with Crippen LogP contribution in [-0.2, 0) is 11.2 Å². The quantitative estimate of drug-likeness (QED) is 0.609. The Labute approximate surface area is 149 Å². The maximum Gasteiger partial charge on any atom is 0.419 e. The molecular formula is C20H24N2O3. The predicted molar refractivity (Wildman–Crippen MR) is 96.7 cm³/mol. The lowest BCUT2D eigenvalue weighted by molar-refractivity contribution is 0.0536. The van der Waals surface area contributed by atoms with E-state index < -0.39 is 11.7 Å². The van der Waals surface area contributed by atoms with E-state index in [2.05, 4.69) is 16.8 Å². The molecule has 5 nitrogen and oxygen atoms in total. The summed E-state index contributed by atoms with van der Waals surface area (Å²) in [6.45, 7) is 7.90. The minimum atomic E-state index is -0.520. The summed E-state index contributed by atoms with van der Waals surface area (Å²) in [6, 6.07) is 7.70. The summed E-state index contributed by atoms with van der Waals surface area (Å²) in [5.74, 6) is 6.68. The van der Waals surface area contributed by atoms with Crippen LogP contribution in [0.3, 0.4) is 0 Å². The third-order valence-corrected chi connectivity index (χ3v) is 3.21. The molecule has 0 radical (unpaired) electrons. The molecule has 5 heteroatoms. The zero-order valence-corrected chi connectivity index (χ0v) is 15.2. The molecule has 0 aliphatic rings. The number of aryl methyl sites for hydroxylation is 1. The SMILES string of the molecule is CC#Cc1ccc(OCCCc2cn(C(=O)OC(C)(C)C)cn2)cc1. The molecule has 0 bridgehead atoms. The summed E-state index contributed by atoms with van der Waals surface area (Å²) in [6.07, 6.45) is 4.30. The van der Waals surface area contributed by atoms with Crippen molar-refractivity contribution < 1.29 is 14.3 Å². The van der Waals surface area contributed by atoms with E-state index >= 15 is 0 Å². The smallest absolute Gasteiger partial charge is 0.419 e. The van der Waals surface area contributed by atoms with E-state index in [1.807, 2.05) is 52.0 Å².